The maximum Gasteiger partial charge on any atom is 0.191 e. The topological polar surface area (TPSA) is 52.5 Å². The molecule has 1 aromatic heterocycles. The second-order valence-corrected chi connectivity index (χ2v) is 5.54. The predicted molar refractivity (Wildman–Crippen MR) is 117 cm³/mol. The molecule has 0 saturated carbocycles. The molecular weight excluding hydrogens is 425 g/mol. The summed E-state index contributed by atoms with van der Waals surface area (Å²) in [5.74, 6) is 0.793. The highest BCUT2D eigenvalue weighted by molar-refractivity contribution is 14.0. The van der Waals surface area contributed by atoms with Crippen LogP contribution in [0.15, 0.2) is 53.7 Å². The van der Waals surface area contributed by atoms with E-state index in [0.717, 1.165) is 31.3 Å². The van der Waals surface area contributed by atoms with Crippen LogP contribution in [0.3, 0.4) is 0 Å². The minimum absolute atomic E-state index is 0. The lowest BCUT2D eigenvalue weighted by atomic mass is 10.2. The number of anilines is 1. The van der Waals surface area contributed by atoms with Gasteiger partial charge in [0.1, 0.15) is 0 Å². The Labute approximate surface area is 168 Å². The largest absolute Gasteiger partial charge is 0.370 e. The smallest absolute Gasteiger partial charge is 0.191 e. The summed E-state index contributed by atoms with van der Waals surface area (Å²) in [5, 5.41) is 6.65. The van der Waals surface area contributed by atoms with Crippen LogP contribution in [-0.4, -0.2) is 37.6 Å². The number of aromatic nitrogens is 1. The van der Waals surface area contributed by atoms with Crippen LogP contribution < -0.4 is 15.5 Å². The van der Waals surface area contributed by atoms with Gasteiger partial charge < -0.3 is 15.5 Å². The number of halogens is 1. The number of aliphatic imine (C=N–C) groups is 1. The average molecular weight is 453 g/mol. The first-order valence-electron chi connectivity index (χ1n) is 8.39. The SMILES string of the molecule is CCN(CCNC(=NC)NCc1ccccn1)c1ccccc1C.I. The quantitative estimate of drug-likeness (QED) is 0.384. The van der Waals surface area contributed by atoms with E-state index in [9.17, 15) is 0 Å². The van der Waals surface area contributed by atoms with Crippen molar-refractivity contribution in [3.05, 3.63) is 59.9 Å². The number of guanidine groups is 1. The number of para-hydroxylation sites is 1. The molecule has 0 aliphatic carbocycles. The first-order chi connectivity index (χ1) is 11.7. The van der Waals surface area contributed by atoms with Gasteiger partial charge in [-0.05, 0) is 37.6 Å². The van der Waals surface area contributed by atoms with Crippen molar-refractivity contribution in [1.82, 2.24) is 15.6 Å². The Hall–Kier alpha value is -1.83. The maximum absolute atomic E-state index is 4.30. The van der Waals surface area contributed by atoms with E-state index >= 15 is 0 Å². The molecule has 0 fully saturated rings. The predicted octanol–water partition coefficient (Wildman–Crippen LogP) is 3.20. The number of nitrogens with one attached hydrogen (secondary N) is 2. The lowest BCUT2D eigenvalue weighted by Gasteiger charge is -2.25. The van der Waals surface area contributed by atoms with Crippen LogP contribution in [0, 0.1) is 6.92 Å². The summed E-state index contributed by atoms with van der Waals surface area (Å²) in [4.78, 5) is 10.9. The summed E-state index contributed by atoms with van der Waals surface area (Å²) in [6.45, 7) is 7.72. The molecule has 0 saturated heterocycles. The maximum atomic E-state index is 4.30. The van der Waals surface area contributed by atoms with Gasteiger partial charge in [-0.15, -0.1) is 24.0 Å². The van der Waals surface area contributed by atoms with Crippen molar-refractivity contribution in [3.63, 3.8) is 0 Å². The molecule has 1 aromatic carbocycles. The highest BCUT2D eigenvalue weighted by Crippen LogP contribution is 2.18. The van der Waals surface area contributed by atoms with Crippen LogP contribution in [0.4, 0.5) is 5.69 Å². The minimum atomic E-state index is 0. The number of hydrogen-bond donors (Lipinski definition) is 2. The van der Waals surface area contributed by atoms with Crippen LogP contribution in [0.1, 0.15) is 18.2 Å². The standard InChI is InChI=1S/C19H27N5.HI/c1-4-24(18-11-6-5-9-16(18)2)14-13-22-19(20-3)23-15-17-10-7-8-12-21-17;/h5-12H,4,13-15H2,1-3H3,(H2,20,22,23);1H. The first kappa shape index (κ1) is 21.2. The second kappa shape index (κ2) is 11.7. The molecule has 6 heteroatoms. The highest BCUT2D eigenvalue weighted by atomic mass is 127. The van der Waals surface area contributed by atoms with Gasteiger partial charge in [0.25, 0.3) is 0 Å². The third-order valence-corrected chi connectivity index (χ3v) is 3.90. The lowest BCUT2D eigenvalue weighted by Crippen LogP contribution is -2.41. The summed E-state index contributed by atoms with van der Waals surface area (Å²) in [6.07, 6.45) is 1.80. The zero-order valence-corrected chi connectivity index (χ0v) is 17.5. The molecule has 25 heavy (non-hydrogen) atoms. The number of pyridine rings is 1. The summed E-state index contributed by atoms with van der Waals surface area (Å²) in [5.41, 5.74) is 3.59. The molecule has 0 atom stereocenters. The molecule has 136 valence electrons. The number of rotatable bonds is 7. The molecule has 2 rings (SSSR count). The van der Waals surface area contributed by atoms with E-state index in [2.05, 4.69) is 63.6 Å². The van der Waals surface area contributed by atoms with Gasteiger partial charge in [0.2, 0.25) is 0 Å². The van der Waals surface area contributed by atoms with Gasteiger partial charge >= 0.3 is 0 Å². The molecule has 2 N–H and O–H groups in total. The van der Waals surface area contributed by atoms with Gasteiger partial charge in [0.05, 0.1) is 12.2 Å². The summed E-state index contributed by atoms with van der Waals surface area (Å²) in [7, 11) is 1.78. The van der Waals surface area contributed by atoms with Gasteiger partial charge in [-0.2, -0.15) is 0 Å². The van der Waals surface area contributed by atoms with E-state index in [-0.39, 0.29) is 24.0 Å². The molecule has 5 nitrogen and oxygen atoms in total. The summed E-state index contributed by atoms with van der Waals surface area (Å²) in [6, 6.07) is 14.4. The van der Waals surface area contributed by atoms with Crippen LogP contribution in [0.5, 0.6) is 0 Å². The van der Waals surface area contributed by atoms with Crippen molar-refractivity contribution in [1.29, 1.82) is 0 Å². The Bertz CT molecular complexity index is 645. The molecule has 0 bridgehead atoms. The fourth-order valence-electron chi connectivity index (χ4n) is 2.57. The fraction of sp³-hybridized carbons (Fsp3) is 0.368. The Morgan fingerprint density at radius 2 is 1.88 bits per heavy atom. The number of aryl methyl sites for hydroxylation is 1. The van der Waals surface area contributed by atoms with E-state index < -0.39 is 0 Å². The van der Waals surface area contributed by atoms with Crippen molar-refractivity contribution in [2.45, 2.75) is 20.4 Å². The Morgan fingerprint density at radius 3 is 2.52 bits per heavy atom. The van der Waals surface area contributed by atoms with Crippen molar-refractivity contribution >= 4 is 35.6 Å². The van der Waals surface area contributed by atoms with E-state index in [1.165, 1.54) is 11.3 Å². The Kier molecular flexibility index (Phi) is 9.91. The van der Waals surface area contributed by atoms with Crippen LogP contribution in [0.25, 0.3) is 0 Å². The number of benzene rings is 1. The second-order valence-electron chi connectivity index (χ2n) is 5.54. The molecule has 0 amide bonds. The van der Waals surface area contributed by atoms with Crippen molar-refractivity contribution < 1.29 is 0 Å². The van der Waals surface area contributed by atoms with Gasteiger partial charge in [-0.3, -0.25) is 9.98 Å². The number of nitrogens with zero attached hydrogens (tertiary/aromatic N) is 3. The molecule has 0 spiro atoms. The zero-order chi connectivity index (χ0) is 17.2. The van der Waals surface area contributed by atoms with E-state index in [4.69, 9.17) is 0 Å². The molecule has 0 unspecified atom stereocenters. The molecule has 2 aromatic rings. The lowest BCUT2D eigenvalue weighted by molar-refractivity contribution is 0.744. The Morgan fingerprint density at radius 1 is 1.12 bits per heavy atom. The van der Waals surface area contributed by atoms with Crippen molar-refractivity contribution in [2.75, 3.05) is 31.6 Å². The number of hydrogen-bond acceptors (Lipinski definition) is 3. The summed E-state index contributed by atoms with van der Waals surface area (Å²) >= 11 is 0. The summed E-state index contributed by atoms with van der Waals surface area (Å²) < 4.78 is 0. The van der Waals surface area contributed by atoms with Crippen LogP contribution in [-0.2, 0) is 6.54 Å². The van der Waals surface area contributed by atoms with Gasteiger partial charge in [-0.25, -0.2) is 0 Å². The first-order valence-corrected chi connectivity index (χ1v) is 8.39. The average Bonchev–Trinajstić information content (AvgIpc) is 2.63. The fourth-order valence-corrected chi connectivity index (χ4v) is 2.57. The minimum Gasteiger partial charge on any atom is -0.370 e. The molecule has 0 aliphatic rings. The van der Waals surface area contributed by atoms with Gasteiger partial charge in [0.15, 0.2) is 5.96 Å². The monoisotopic (exact) mass is 453 g/mol. The Balaban J connectivity index is 0.00000312. The third-order valence-electron chi connectivity index (χ3n) is 3.90. The van der Waals surface area contributed by atoms with Crippen molar-refractivity contribution in [2.24, 2.45) is 4.99 Å². The molecular formula is C19H28IN5. The highest BCUT2D eigenvalue weighted by Gasteiger charge is 2.07. The van der Waals surface area contributed by atoms with E-state index in [1.54, 1.807) is 13.2 Å². The van der Waals surface area contributed by atoms with E-state index in [0.29, 0.717) is 6.54 Å². The van der Waals surface area contributed by atoms with Crippen molar-refractivity contribution in [3.8, 4) is 0 Å². The van der Waals surface area contributed by atoms with Crippen LogP contribution in [0.2, 0.25) is 0 Å². The van der Waals surface area contributed by atoms with Crippen LogP contribution >= 0.6 is 24.0 Å². The normalized spacial score (nSPS) is 10.8. The molecule has 0 radical (unpaired) electrons. The molecule has 0 aliphatic heterocycles. The van der Waals surface area contributed by atoms with E-state index in [1.807, 2.05) is 18.2 Å². The zero-order valence-electron chi connectivity index (χ0n) is 15.2. The van der Waals surface area contributed by atoms with Gasteiger partial charge in [0, 0.05) is 38.6 Å². The third kappa shape index (κ3) is 6.89. The van der Waals surface area contributed by atoms with Gasteiger partial charge in [-0.1, -0.05) is 24.3 Å². The number of likely N-dealkylation sites (N-methyl/N-ethyl adjacent to an activating group) is 1. The molecule has 1 heterocycles.